The molecule has 1 aliphatic heterocycles. The lowest BCUT2D eigenvalue weighted by molar-refractivity contribution is -0.200. The van der Waals surface area contributed by atoms with E-state index in [2.05, 4.69) is 20.8 Å². The Kier molecular flexibility index (Phi) is 7.78. The third-order valence-corrected chi connectivity index (χ3v) is 11.7. The number of hydrogen-bond donors (Lipinski definition) is 1. The lowest BCUT2D eigenvalue weighted by Crippen LogP contribution is -2.63. The maximum absolute atomic E-state index is 14.5. The third kappa shape index (κ3) is 4.90. The van der Waals surface area contributed by atoms with Gasteiger partial charge in [-0.2, -0.15) is 0 Å². The predicted molar refractivity (Wildman–Crippen MR) is 168 cm³/mol. The molecule has 7 rings (SSSR count). The van der Waals surface area contributed by atoms with Crippen molar-refractivity contribution in [2.45, 2.75) is 90.0 Å². The molecule has 4 aliphatic carbocycles. The van der Waals surface area contributed by atoms with Gasteiger partial charge in [0.25, 0.3) is 0 Å². The summed E-state index contributed by atoms with van der Waals surface area (Å²) < 4.78 is 25.3. The van der Waals surface area contributed by atoms with Gasteiger partial charge in [-0.1, -0.05) is 69.2 Å². The van der Waals surface area contributed by atoms with E-state index in [-0.39, 0.29) is 41.3 Å². The van der Waals surface area contributed by atoms with Crippen molar-refractivity contribution in [3.05, 3.63) is 84.0 Å². The normalized spacial score (nSPS) is 38.0. The van der Waals surface area contributed by atoms with E-state index in [1.54, 1.807) is 12.2 Å². The van der Waals surface area contributed by atoms with Gasteiger partial charge >= 0.3 is 0 Å². The van der Waals surface area contributed by atoms with E-state index in [9.17, 15) is 14.7 Å². The summed E-state index contributed by atoms with van der Waals surface area (Å²) in [6.07, 6.45) is 8.35. The second-order valence-electron chi connectivity index (χ2n) is 14.1. The van der Waals surface area contributed by atoms with Gasteiger partial charge in [-0.15, -0.1) is 0 Å². The number of benzene rings is 2. The third-order valence-electron chi connectivity index (χ3n) is 11.7. The summed E-state index contributed by atoms with van der Waals surface area (Å²) in [7, 11) is 0. The fourth-order valence-electron chi connectivity index (χ4n) is 9.63. The number of aliphatic hydroxyl groups excluding tert-OH is 1. The van der Waals surface area contributed by atoms with Gasteiger partial charge in [0.15, 0.2) is 17.7 Å². The second-order valence-corrected chi connectivity index (χ2v) is 14.1. The predicted octanol–water partition coefficient (Wildman–Crippen LogP) is 6.38. The molecule has 9 atom stereocenters. The molecule has 45 heavy (non-hydrogen) atoms. The van der Waals surface area contributed by atoms with Crippen molar-refractivity contribution in [2.75, 3.05) is 6.61 Å². The van der Waals surface area contributed by atoms with Crippen LogP contribution in [-0.4, -0.2) is 47.4 Å². The monoisotopic (exact) mass is 612 g/mol. The average Bonchev–Trinajstić information content (AvgIpc) is 3.52. The number of carbonyl (C=O) groups excluding carboxylic acids is 2. The summed E-state index contributed by atoms with van der Waals surface area (Å²) >= 11 is 0. The molecule has 0 spiro atoms. The molecule has 238 valence electrons. The van der Waals surface area contributed by atoms with Crippen molar-refractivity contribution in [3.63, 3.8) is 0 Å². The lowest BCUT2D eigenvalue weighted by Gasteiger charge is -2.59. The molecule has 0 radical (unpaired) electrons. The number of Topliss-reactive ketones (excluding diaryl/α,β-unsaturated/α-hetero) is 1. The van der Waals surface area contributed by atoms with E-state index < -0.39 is 29.5 Å². The molecular weight excluding hydrogens is 568 g/mol. The molecule has 1 saturated heterocycles. The van der Waals surface area contributed by atoms with Gasteiger partial charge in [0.05, 0.1) is 12.2 Å². The van der Waals surface area contributed by atoms with Crippen LogP contribution in [0.25, 0.3) is 0 Å². The zero-order valence-corrected chi connectivity index (χ0v) is 26.4. The highest BCUT2D eigenvalue weighted by atomic mass is 16.7. The minimum atomic E-state index is -1.20. The number of hydrogen-bond acceptors (Lipinski definition) is 7. The van der Waals surface area contributed by atoms with Gasteiger partial charge in [0.2, 0.25) is 5.78 Å². The molecule has 2 aromatic rings. The summed E-state index contributed by atoms with van der Waals surface area (Å²) in [5.74, 6) is 1.47. The van der Waals surface area contributed by atoms with Gasteiger partial charge in [-0.05, 0) is 85.9 Å². The van der Waals surface area contributed by atoms with Crippen LogP contribution in [0.3, 0.4) is 0 Å². The van der Waals surface area contributed by atoms with E-state index in [0.29, 0.717) is 31.6 Å². The van der Waals surface area contributed by atoms with Crippen LogP contribution in [0, 0.1) is 28.6 Å². The number of allylic oxidation sites excluding steroid dienone is 4. The second kappa shape index (κ2) is 11.5. The van der Waals surface area contributed by atoms with Crippen molar-refractivity contribution in [1.82, 2.24) is 0 Å². The van der Waals surface area contributed by atoms with E-state index in [1.165, 1.54) is 0 Å². The number of carbonyl (C=O) groups is 2. The Bertz CT molecular complexity index is 1500. The van der Waals surface area contributed by atoms with Crippen LogP contribution in [0.15, 0.2) is 78.4 Å². The molecule has 7 nitrogen and oxygen atoms in total. The number of rotatable bonds is 9. The quantitative estimate of drug-likeness (QED) is 0.351. The largest absolute Gasteiger partial charge is 0.489 e. The highest BCUT2D eigenvalue weighted by Crippen LogP contribution is 2.69. The van der Waals surface area contributed by atoms with Gasteiger partial charge in [0, 0.05) is 16.7 Å². The first-order valence-electron chi connectivity index (χ1n) is 16.6. The standard InChI is InChI=1S/C38H44O7/c1-4-8-34-44-33-20-30-29-16-11-25-19-26(39)17-18-36(25,2)35(29)31(40)21-37(30,3)38(33,45-34)32(41)23-43-28-14-12-27(13-15-28)42-22-24-9-6-5-7-10-24/h5-7,9-10,12-15,17-19,29-31,33-35,40H,4,8,11,16,20-23H2,1-3H3/t29?,30?,31-,33+,34?,35?,36?,37?,38-/m0/s1. The first kappa shape index (κ1) is 30.4. The molecule has 0 aromatic heterocycles. The molecule has 2 aromatic carbocycles. The summed E-state index contributed by atoms with van der Waals surface area (Å²) in [5.41, 5.74) is 0.00584. The minimum Gasteiger partial charge on any atom is -0.489 e. The van der Waals surface area contributed by atoms with Crippen LogP contribution in [0.2, 0.25) is 0 Å². The van der Waals surface area contributed by atoms with Gasteiger partial charge in [-0.3, -0.25) is 9.59 Å². The van der Waals surface area contributed by atoms with Crippen LogP contribution in [0.4, 0.5) is 0 Å². The Morgan fingerprint density at radius 2 is 1.78 bits per heavy atom. The molecule has 1 N–H and O–H groups in total. The molecule has 4 fully saturated rings. The van der Waals surface area contributed by atoms with Crippen molar-refractivity contribution < 1.29 is 33.6 Å². The fourth-order valence-corrected chi connectivity index (χ4v) is 9.63. The topological polar surface area (TPSA) is 91.3 Å². The maximum atomic E-state index is 14.5. The average molecular weight is 613 g/mol. The summed E-state index contributed by atoms with van der Waals surface area (Å²) in [6, 6.07) is 17.3. The van der Waals surface area contributed by atoms with Crippen molar-refractivity contribution in [2.24, 2.45) is 28.6 Å². The summed E-state index contributed by atoms with van der Waals surface area (Å²) in [4.78, 5) is 26.7. The Balaban J connectivity index is 1.11. The molecule has 1 heterocycles. The zero-order valence-electron chi connectivity index (χ0n) is 26.4. The van der Waals surface area contributed by atoms with Crippen molar-refractivity contribution in [1.29, 1.82) is 0 Å². The Morgan fingerprint density at radius 3 is 2.51 bits per heavy atom. The lowest BCUT2D eigenvalue weighted by atomic mass is 9.46. The first-order valence-corrected chi connectivity index (χ1v) is 16.6. The highest BCUT2D eigenvalue weighted by Gasteiger charge is 2.75. The molecule has 3 saturated carbocycles. The van der Waals surface area contributed by atoms with Gasteiger partial charge < -0.3 is 24.1 Å². The Hall–Kier alpha value is -3.26. The molecule has 0 amide bonds. The zero-order chi connectivity index (χ0) is 31.4. The van der Waals surface area contributed by atoms with Crippen LogP contribution in [-0.2, 0) is 25.7 Å². The van der Waals surface area contributed by atoms with Crippen LogP contribution < -0.4 is 9.47 Å². The summed E-state index contributed by atoms with van der Waals surface area (Å²) in [6.45, 7) is 6.71. The Labute approximate surface area is 265 Å². The fraction of sp³-hybridized carbons (Fsp3) is 0.526. The van der Waals surface area contributed by atoms with Crippen molar-refractivity contribution >= 4 is 11.6 Å². The van der Waals surface area contributed by atoms with Crippen LogP contribution >= 0.6 is 0 Å². The van der Waals surface area contributed by atoms with E-state index in [1.807, 2.05) is 60.7 Å². The van der Waals surface area contributed by atoms with Gasteiger partial charge in [0.1, 0.15) is 24.7 Å². The smallest absolute Gasteiger partial charge is 0.205 e. The molecule has 5 aliphatic rings. The minimum absolute atomic E-state index is 0.0223. The highest BCUT2D eigenvalue weighted by molar-refractivity contribution is 6.01. The Morgan fingerprint density at radius 1 is 1.04 bits per heavy atom. The first-order chi connectivity index (χ1) is 21.7. The van der Waals surface area contributed by atoms with Crippen LogP contribution in [0.1, 0.15) is 64.9 Å². The summed E-state index contributed by atoms with van der Waals surface area (Å²) in [5, 5.41) is 11.9. The molecule has 7 heteroatoms. The number of ether oxygens (including phenoxy) is 4. The molecule has 6 unspecified atom stereocenters. The van der Waals surface area contributed by atoms with Crippen molar-refractivity contribution in [3.8, 4) is 11.5 Å². The number of ketones is 2. The van der Waals surface area contributed by atoms with Crippen LogP contribution in [0.5, 0.6) is 11.5 Å². The maximum Gasteiger partial charge on any atom is 0.205 e. The number of fused-ring (bicyclic) bond motifs is 7. The number of aliphatic hydroxyl groups is 1. The van der Waals surface area contributed by atoms with Gasteiger partial charge in [-0.25, -0.2) is 0 Å². The molecule has 0 bridgehead atoms. The molecular formula is C38H44O7. The van der Waals surface area contributed by atoms with E-state index in [4.69, 9.17) is 18.9 Å². The van der Waals surface area contributed by atoms with E-state index >= 15 is 0 Å². The SMILES string of the molecule is CCCC1O[C@@H]2CC3C4CCC5=CC(=O)C=CC5(C)C4[C@@H](O)CC3(C)[C@@]2(C(=O)COc2ccc(OCc3ccccc3)cc2)O1. The van der Waals surface area contributed by atoms with E-state index in [0.717, 1.165) is 36.1 Å².